The fourth-order valence-corrected chi connectivity index (χ4v) is 1.22. The molecule has 0 aliphatic heterocycles. The molecular formula is C12H14N2O2. The Labute approximate surface area is 94.8 Å². The lowest BCUT2D eigenvalue weighted by atomic mass is 10.1. The first kappa shape index (κ1) is 12.2. The molecule has 0 saturated carbocycles. The van der Waals surface area contributed by atoms with Crippen molar-refractivity contribution >= 4 is 5.91 Å². The molecule has 0 aliphatic carbocycles. The molecule has 1 N–H and O–H groups in total. The average Bonchev–Trinajstić information content (AvgIpc) is 2.34. The normalized spacial score (nSPS) is 9.50. The summed E-state index contributed by atoms with van der Waals surface area (Å²) in [6.45, 7) is 1.22. The Bertz CT molecular complexity index is 379. The molecule has 0 aliphatic rings. The van der Waals surface area contributed by atoms with Crippen LogP contribution >= 0.6 is 0 Å². The van der Waals surface area contributed by atoms with E-state index in [9.17, 15) is 4.79 Å². The lowest BCUT2D eigenvalue weighted by molar-refractivity contribution is 0.0948. The molecule has 84 valence electrons. The third-order valence-corrected chi connectivity index (χ3v) is 2.09. The minimum Gasteiger partial charge on any atom is -0.385 e. The van der Waals surface area contributed by atoms with Crippen molar-refractivity contribution in [3.8, 4) is 6.07 Å². The summed E-state index contributed by atoms with van der Waals surface area (Å²) in [4.78, 5) is 11.6. The van der Waals surface area contributed by atoms with Crippen LogP contribution in [0.2, 0.25) is 0 Å². The smallest absolute Gasteiger partial charge is 0.251 e. The lowest BCUT2D eigenvalue weighted by Crippen LogP contribution is -2.25. The van der Waals surface area contributed by atoms with E-state index in [4.69, 9.17) is 10.00 Å². The Kier molecular flexibility index (Phi) is 5.03. The second kappa shape index (κ2) is 6.59. The van der Waals surface area contributed by atoms with Crippen LogP contribution in [0.15, 0.2) is 24.3 Å². The van der Waals surface area contributed by atoms with Crippen molar-refractivity contribution in [3.05, 3.63) is 35.4 Å². The second-order valence-electron chi connectivity index (χ2n) is 3.29. The molecule has 0 spiro atoms. The molecule has 4 nitrogen and oxygen atoms in total. The summed E-state index contributed by atoms with van der Waals surface area (Å²) >= 11 is 0. The van der Waals surface area contributed by atoms with E-state index in [-0.39, 0.29) is 5.91 Å². The van der Waals surface area contributed by atoms with Gasteiger partial charge in [0.15, 0.2) is 0 Å². The number of ether oxygens (including phenoxy) is 1. The van der Waals surface area contributed by atoms with Gasteiger partial charge in [0.1, 0.15) is 0 Å². The van der Waals surface area contributed by atoms with Gasteiger partial charge in [0.05, 0.1) is 11.6 Å². The molecule has 0 aromatic heterocycles. The molecule has 1 amide bonds. The number of amides is 1. The quantitative estimate of drug-likeness (QED) is 0.758. The summed E-state index contributed by atoms with van der Waals surface area (Å²) in [5.74, 6) is -0.124. The van der Waals surface area contributed by atoms with Gasteiger partial charge < -0.3 is 10.1 Å². The number of carbonyl (C=O) groups is 1. The van der Waals surface area contributed by atoms with Crippen molar-refractivity contribution < 1.29 is 9.53 Å². The zero-order chi connectivity index (χ0) is 11.8. The molecule has 0 fully saturated rings. The van der Waals surface area contributed by atoms with Gasteiger partial charge in [0, 0.05) is 25.8 Å². The molecule has 1 rings (SSSR count). The highest BCUT2D eigenvalue weighted by Gasteiger charge is 2.03. The van der Waals surface area contributed by atoms with Crippen LogP contribution in [-0.4, -0.2) is 26.2 Å². The van der Waals surface area contributed by atoms with E-state index in [1.165, 1.54) is 0 Å². The van der Waals surface area contributed by atoms with Gasteiger partial charge in [0.25, 0.3) is 5.91 Å². The SMILES string of the molecule is COCCCNC(=O)c1ccc(C#N)cc1. The van der Waals surface area contributed by atoms with Gasteiger partial charge in [0.2, 0.25) is 0 Å². The number of benzene rings is 1. The van der Waals surface area contributed by atoms with Crippen LogP contribution in [0.25, 0.3) is 0 Å². The van der Waals surface area contributed by atoms with Gasteiger partial charge in [-0.25, -0.2) is 0 Å². The van der Waals surface area contributed by atoms with Crippen LogP contribution in [-0.2, 0) is 4.74 Å². The van der Waals surface area contributed by atoms with Crippen LogP contribution in [0.3, 0.4) is 0 Å². The standard InChI is InChI=1S/C12H14N2O2/c1-16-8-2-7-14-12(15)11-5-3-10(9-13)4-6-11/h3-6H,2,7-8H2,1H3,(H,14,15). The lowest BCUT2D eigenvalue weighted by Gasteiger charge is -2.04. The molecule has 0 bridgehead atoms. The van der Waals surface area contributed by atoms with Crippen LogP contribution in [0, 0.1) is 11.3 Å². The zero-order valence-corrected chi connectivity index (χ0v) is 9.19. The summed E-state index contributed by atoms with van der Waals surface area (Å²) in [5, 5.41) is 11.4. The van der Waals surface area contributed by atoms with Crippen molar-refractivity contribution in [3.63, 3.8) is 0 Å². The third-order valence-electron chi connectivity index (χ3n) is 2.09. The molecule has 0 saturated heterocycles. The van der Waals surface area contributed by atoms with Crippen molar-refractivity contribution in [2.24, 2.45) is 0 Å². The van der Waals surface area contributed by atoms with Gasteiger partial charge in [-0.05, 0) is 30.7 Å². The van der Waals surface area contributed by atoms with E-state index in [2.05, 4.69) is 5.32 Å². The molecule has 1 aromatic carbocycles. The Morgan fingerprint density at radius 2 is 2.12 bits per heavy atom. The van der Waals surface area contributed by atoms with E-state index in [0.717, 1.165) is 6.42 Å². The monoisotopic (exact) mass is 218 g/mol. The third kappa shape index (κ3) is 3.71. The van der Waals surface area contributed by atoms with Crippen LogP contribution < -0.4 is 5.32 Å². The number of rotatable bonds is 5. The van der Waals surface area contributed by atoms with E-state index < -0.39 is 0 Å². The molecule has 4 heteroatoms. The highest BCUT2D eigenvalue weighted by Crippen LogP contribution is 2.02. The molecule has 1 aromatic rings. The number of methoxy groups -OCH3 is 1. The van der Waals surface area contributed by atoms with Gasteiger partial charge in [-0.15, -0.1) is 0 Å². The summed E-state index contributed by atoms with van der Waals surface area (Å²) < 4.78 is 4.87. The Morgan fingerprint density at radius 1 is 1.44 bits per heavy atom. The van der Waals surface area contributed by atoms with Gasteiger partial charge in [-0.3, -0.25) is 4.79 Å². The predicted molar refractivity (Wildman–Crippen MR) is 60.0 cm³/mol. The highest BCUT2D eigenvalue weighted by atomic mass is 16.5. The minimum atomic E-state index is -0.124. The first-order valence-corrected chi connectivity index (χ1v) is 5.05. The molecule has 0 radical (unpaired) electrons. The number of nitriles is 1. The predicted octanol–water partition coefficient (Wildman–Crippen LogP) is 1.32. The van der Waals surface area contributed by atoms with Crippen molar-refractivity contribution in [1.29, 1.82) is 5.26 Å². The fraction of sp³-hybridized carbons (Fsp3) is 0.333. The van der Waals surface area contributed by atoms with E-state index in [1.807, 2.05) is 6.07 Å². The zero-order valence-electron chi connectivity index (χ0n) is 9.19. The van der Waals surface area contributed by atoms with E-state index >= 15 is 0 Å². The maximum atomic E-state index is 11.6. The molecular weight excluding hydrogens is 204 g/mol. The van der Waals surface area contributed by atoms with Gasteiger partial charge >= 0.3 is 0 Å². The van der Waals surface area contributed by atoms with Crippen LogP contribution in [0.5, 0.6) is 0 Å². The molecule has 0 unspecified atom stereocenters. The Hall–Kier alpha value is -1.86. The fourth-order valence-electron chi connectivity index (χ4n) is 1.22. The van der Waals surface area contributed by atoms with Gasteiger partial charge in [-0.1, -0.05) is 0 Å². The summed E-state index contributed by atoms with van der Waals surface area (Å²) in [5.41, 5.74) is 1.12. The number of hydrogen-bond acceptors (Lipinski definition) is 3. The maximum absolute atomic E-state index is 11.6. The second-order valence-corrected chi connectivity index (χ2v) is 3.29. The van der Waals surface area contributed by atoms with Crippen molar-refractivity contribution in [2.45, 2.75) is 6.42 Å². The van der Waals surface area contributed by atoms with Crippen molar-refractivity contribution in [2.75, 3.05) is 20.3 Å². The number of hydrogen-bond donors (Lipinski definition) is 1. The first-order chi connectivity index (χ1) is 7.77. The van der Waals surface area contributed by atoms with E-state index in [1.54, 1.807) is 31.4 Å². The highest BCUT2D eigenvalue weighted by molar-refractivity contribution is 5.94. The van der Waals surface area contributed by atoms with Crippen molar-refractivity contribution in [1.82, 2.24) is 5.32 Å². The molecule has 0 heterocycles. The number of carbonyl (C=O) groups excluding carboxylic acids is 1. The Morgan fingerprint density at radius 3 is 2.69 bits per heavy atom. The summed E-state index contributed by atoms with van der Waals surface area (Å²) in [6, 6.07) is 8.55. The average molecular weight is 218 g/mol. The van der Waals surface area contributed by atoms with Crippen LogP contribution in [0.1, 0.15) is 22.3 Å². The largest absolute Gasteiger partial charge is 0.385 e. The minimum absolute atomic E-state index is 0.124. The number of nitrogens with zero attached hydrogens (tertiary/aromatic N) is 1. The van der Waals surface area contributed by atoms with E-state index in [0.29, 0.717) is 24.3 Å². The topological polar surface area (TPSA) is 62.1 Å². The maximum Gasteiger partial charge on any atom is 0.251 e. The molecule has 16 heavy (non-hydrogen) atoms. The van der Waals surface area contributed by atoms with Crippen LogP contribution in [0.4, 0.5) is 0 Å². The first-order valence-electron chi connectivity index (χ1n) is 5.05. The summed E-state index contributed by atoms with van der Waals surface area (Å²) in [6.07, 6.45) is 0.790. The number of nitrogens with one attached hydrogen (secondary N) is 1. The van der Waals surface area contributed by atoms with Gasteiger partial charge in [-0.2, -0.15) is 5.26 Å². The Balaban J connectivity index is 2.44. The molecule has 0 atom stereocenters. The summed E-state index contributed by atoms with van der Waals surface area (Å²) in [7, 11) is 1.63.